The maximum atomic E-state index is 12.4. The SMILES string of the molecule is COCC1CC(=O)NC2CC(NC(=O)c3cccc(Cl)c3)CCC12. The molecule has 2 N–H and O–H groups in total. The lowest BCUT2D eigenvalue weighted by Gasteiger charge is -2.43. The molecule has 1 aliphatic carbocycles. The molecule has 1 saturated carbocycles. The van der Waals surface area contributed by atoms with Crippen LogP contribution < -0.4 is 10.6 Å². The van der Waals surface area contributed by atoms with E-state index in [1.165, 1.54) is 0 Å². The number of benzene rings is 1. The standard InChI is InChI=1S/C18H23ClN2O3/c1-24-10-12-8-17(22)21-16-9-14(5-6-15(12)16)20-18(23)11-3-2-4-13(19)7-11/h2-4,7,12,14-16H,5-6,8-10H2,1H3,(H,20,23)(H,21,22). The van der Waals surface area contributed by atoms with E-state index in [1.807, 2.05) is 0 Å². The first-order chi connectivity index (χ1) is 11.6. The molecule has 1 aromatic rings. The van der Waals surface area contributed by atoms with Crippen LogP contribution in [0, 0.1) is 11.8 Å². The lowest BCUT2D eigenvalue weighted by molar-refractivity contribution is -0.128. The van der Waals surface area contributed by atoms with E-state index in [1.54, 1.807) is 31.4 Å². The molecule has 1 heterocycles. The van der Waals surface area contributed by atoms with Crippen molar-refractivity contribution in [2.24, 2.45) is 11.8 Å². The third-order valence-electron chi connectivity index (χ3n) is 5.11. The van der Waals surface area contributed by atoms with Crippen LogP contribution in [0.15, 0.2) is 24.3 Å². The van der Waals surface area contributed by atoms with Crippen molar-refractivity contribution in [2.45, 2.75) is 37.8 Å². The van der Waals surface area contributed by atoms with Gasteiger partial charge in [-0.1, -0.05) is 17.7 Å². The fourth-order valence-electron chi connectivity index (χ4n) is 4.01. The smallest absolute Gasteiger partial charge is 0.251 e. The molecule has 6 heteroatoms. The van der Waals surface area contributed by atoms with Gasteiger partial charge in [-0.3, -0.25) is 9.59 Å². The van der Waals surface area contributed by atoms with Crippen LogP contribution in [-0.4, -0.2) is 37.6 Å². The number of nitrogens with one attached hydrogen (secondary N) is 2. The van der Waals surface area contributed by atoms with Crippen LogP contribution in [0.1, 0.15) is 36.0 Å². The lowest BCUT2D eigenvalue weighted by Crippen LogP contribution is -2.56. The average Bonchev–Trinajstić information content (AvgIpc) is 2.54. The first kappa shape index (κ1) is 17.2. The summed E-state index contributed by atoms with van der Waals surface area (Å²) in [5.41, 5.74) is 0.564. The molecular weight excluding hydrogens is 328 g/mol. The molecule has 2 amide bonds. The van der Waals surface area contributed by atoms with Crippen molar-refractivity contribution in [3.05, 3.63) is 34.9 Å². The molecule has 1 saturated heterocycles. The largest absolute Gasteiger partial charge is 0.384 e. The number of piperidine rings is 1. The molecule has 24 heavy (non-hydrogen) atoms. The number of fused-ring (bicyclic) bond motifs is 1. The first-order valence-corrected chi connectivity index (χ1v) is 8.79. The quantitative estimate of drug-likeness (QED) is 0.876. The first-order valence-electron chi connectivity index (χ1n) is 8.41. The molecule has 3 rings (SSSR count). The number of amides is 2. The summed E-state index contributed by atoms with van der Waals surface area (Å²) >= 11 is 5.95. The van der Waals surface area contributed by atoms with Gasteiger partial charge in [0.1, 0.15) is 0 Å². The molecule has 130 valence electrons. The normalized spacial score (nSPS) is 29.5. The van der Waals surface area contributed by atoms with Crippen LogP contribution in [0.2, 0.25) is 5.02 Å². The summed E-state index contributed by atoms with van der Waals surface area (Å²) in [4.78, 5) is 24.3. The molecule has 1 aliphatic heterocycles. The lowest BCUT2D eigenvalue weighted by atomic mass is 9.71. The van der Waals surface area contributed by atoms with Crippen LogP contribution in [0.5, 0.6) is 0 Å². The molecule has 2 aliphatic rings. The number of hydrogen-bond acceptors (Lipinski definition) is 3. The van der Waals surface area contributed by atoms with Gasteiger partial charge in [-0.05, 0) is 49.3 Å². The van der Waals surface area contributed by atoms with E-state index in [-0.39, 0.29) is 29.8 Å². The van der Waals surface area contributed by atoms with E-state index < -0.39 is 0 Å². The third kappa shape index (κ3) is 3.90. The fraction of sp³-hybridized carbons (Fsp3) is 0.556. The highest BCUT2D eigenvalue weighted by atomic mass is 35.5. The van der Waals surface area contributed by atoms with Gasteiger partial charge in [-0.15, -0.1) is 0 Å². The Morgan fingerprint density at radius 3 is 3.00 bits per heavy atom. The summed E-state index contributed by atoms with van der Waals surface area (Å²) in [5, 5.41) is 6.72. The molecule has 2 fully saturated rings. The summed E-state index contributed by atoms with van der Waals surface area (Å²) in [6, 6.07) is 7.12. The molecule has 0 bridgehead atoms. The Kier molecular flexibility index (Phi) is 5.41. The zero-order valence-electron chi connectivity index (χ0n) is 13.8. The summed E-state index contributed by atoms with van der Waals surface area (Å²) in [7, 11) is 1.68. The van der Waals surface area contributed by atoms with E-state index in [0.717, 1.165) is 19.3 Å². The zero-order valence-corrected chi connectivity index (χ0v) is 14.5. The van der Waals surface area contributed by atoms with Crippen molar-refractivity contribution >= 4 is 23.4 Å². The van der Waals surface area contributed by atoms with Gasteiger partial charge in [0.05, 0.1) is 0 Å². The minimum absolute atomic E-state index is 0.0688. The molecule has 0 spiro atoms. The Bertz CT molecular complexity index is 622. The van der Waals surface area contributed by atoms with Gasteiger partial charge in [0.25, 0.3) is 5.91 Å². The average molecular weight is 351 g/mol. The van der Waals surface area contributed by atoms with E-state index in [9.17, 15) is 9.59 Å². The third-order valence-corrected chi connectivity index (χ3v) is 5.34. The summed E-state index contributed by atoms with van der Waals surface area (Å²) in [6.45, 7) is 0.619. The summed E-state index contributed by atoms with van der Waals surface area (Å²) in [5.74, 6) is 0.678. The number of carbonyl (C=O) groups excluding carboxylic acids is 2. The predicted molar refractivity (Wildman–Crippen MR) is 92.0 cm³/mol. The molecule has 1 aromatic carbocycles. The van der Waals surface area contributed by atoms with Crippen molar-refractivity contribution < 1.29 is 14.3 Å². The summed E-state index contributed by atoms with van der Waals surface area (Å²) in [6.07, 6.45) is 3.21. The van der Waals surface area contributed by atoms with Crippen molar-refractivity contribution in [3.63, 3.8) is 0 Å². The number of halogens is 1. The van der Waals surface area contributed by atoms with Gasteiger partial charge in [0, 0.05) is 42.8 Å². The number of hydrogen-bond donors (Lipinski definition) is 2. The van der Waals surface area contributed by atoms with Crippen molar-refractivity contribution in [2.75, 3.05) is 13.7 Å². The van der Waals surface area contributed by atoms with Gasteiger partial charge < -0.3 is 15.4 Å². The summed E-state index contributed by atoms with van der Waals surface area (Å²) < 4.78 is 5.28. The minimum atomic E-state index is -0.114. The zero-order chi connectivity index (χ0) is 17.1. The highest BCUT2D eigenvalue weighted by molar-refractivity contribution is 6.30. The van der Waals surface area contributed by atoms with E-state index in [0.29, 0.717) is 29.5 Å². The van der Waals surface area contributed by atoms with Crippen LogP contribution in [-0.2, 0) is 9.53 Å². The second kappa shape index (κ2) is 7.53. The van der Waals surface area contributed by atoms with Crippen LogP contribution in [0.25, 0.3) is 0 Å². The second-order valence-electron chi connectivity index (χ2n) is 6.75. The second-order valence-corrected chi connectivity index (χ2v) is 7.19. The number of rotatable bonds is 4. The molecule has 5 nitrogen and oxygen atoms in total. The maximum absolute atomic E-state index is 12.4. The monoisotopic (exact) mass is 350 g/mol. The van der Waals surface area contributed by atoms with E-state index >= 15 is 0 Å². The molecule has 0 aromatic heterocycles. The van der Waals surface area contributed by atoms with Crippen molar-refractivity contribution in [1.82, 2.24) is 10.6 Å². The van der Waals surface area contributed by atoms with Crippen molar-refractivity contribution in [3.8, 4) is 0 Å². The Morgan fingerprint density at radius 1 is 1.42 bits per heavy atom. The number of carbonyl (C=O) groups is 2. The van der Waals surface area contributed by atoms with Crippen molar-refractivity contribution in [1.29, 1.82) is 0 Å². The van der Waals surface area contributed by atoms with Gasteiger partial charge in [0.2, 0.25) is 5.91 Å². The molecule has 4 atom stereocenters. The number of ether oxygens (including phenoxy) is 1. The Morgan fingerprint density at radius 2 is 2.25 bits per heavy atom. The molecule has 4 unspecified atom stereocenters. The van der Waals surface area contributed by atoms with Crippen LogP contribution >= 0.6 is 11.6 Å². The fourth-order valence-corrected chi connectivity index (χ4v) is 4.20. The van der Waals surface area contributed by atoms with Gasteiger partial charge in [-0.25, -0.2) is 0 Å². The van der Waals surface area contributed by atoms with Gasteiger partial charge >= 0.3 is 0 Å². The Labute approximate surface area is 147 Å². The van der Waals surface area contributed by atoms with Gasteiger partial charge in [-0.2, -0.15) is 0 Å². The maximum Gasteiger partial charge on any atom is 0.251 e. The van der Waals surface area contributed by atoms with Crippen LogP contribution in [0.4, 0.5) is 0 Å². The predicted octanol–water partition coefficient (Wildman–Crippen LogP) is 2.39. The highest BCUT2D eigenvalue weighted by Crippen LogP contribution is 2.35. The van der Waals surface area contributed by atoms with E-state index in [4.69, 9.17) is 16.3 Å². The topological polar surface area (TPSA) is 67.4 Å². The molecule has 0 radical (unpaired) electrons. The Hall–Kier alpha value is -1.59. The molecular formula is C18H23ClN2O3. The minimum Gasteiger partial charge on any atom is -0.384 e. The number of methoxy groups -OCH3 is 1. The highest BCUT2D eigenvalue weighted by Gasteiger charge is 2.40. The van der Waals surface area contributed by atoms with Crippen LogP contribution in [0.3, 0.4) is 0 Å². The van der Waals surface area contributed by atoms with E-state index in [2.05, 4.69) is 10.6 Å². The Balaban J connectivity index is 1.62. The van der Waals surface area contributed by atoms with Gasteiger partial charge in [0.15, 0.2) is 0 Å².